The molecule has 1 aromatic heterocycles. The van der Waals surface area contributed by atoms with Crippen LogP contribution in [-0.2, 0) is 14.2 Å². The molecule has 1 N–H and O–H groups in total. The molecule has 4 atom stereocenters. The number of hydrogen-bond donors (Lipinski definition) is 1. The van der Waals surface area contributed by atoms with E-state index in [4.69, 9.17) is 19.2 Å². The van der Waals surface area contributed by atoms with Crippen molar-refractivity contribution in [3.8, 4) is 0 Å². The summed E-state index contributed by atoms with van der Waals surface area (Å²) in [5, 5.41) is 3.39. The predicted octanol–water partition coefficient (Wildman–Crippen LogP) is 1.73. The van der Waals surface area contributed by atoms with E-state index in [1.807, 2.05) is 12.3 Å². The van der Waals surface area contributed by atoms with Gasteiger partial charge in [-0.3, -0.25) is 0 Å². The molecule has 1 saturated carbocycles. The van der Waals surface area contributed by atoms with Crippen molar-refractivity contribution in [3.05, 3.63) is 18.0 Å². The first-order chi connectivity index (χ1) is 10.8. The molecule has 3 aliphatic rings. The van der Waals surface area contributed by atoms with Gasteiger partial charge in [0, 0.05) is 24.9 Å². The smallest absolute Gasteiger partial charge is 0.223 e. The maximum absolute atomic E-state index is 5.83. The summed E-state index contributed by atoms with van der Waals surface area (Å²) in [6.07, 6.45) is 7.02. The van der Waals surface area contributed by atoms with E-state index in [1.165, 1.54) is 25.7 Å². The van der Waals surface area contributed by atoms with Crippen molar-refractivity contribution in [2.45, 2.75) is 56.0 Å². The molecular weight excluding hydrogens is 282 g/mol. The molecule has 6 nitrogen and oxygen atoms in total. The third-order valence-electron chi connectivity index (χ3n) is 5.08. The summed E-state index contributed by atoms with van der Waals surface area (Å²) in [6, 6.07) is 2.13. The zero-order chi connectivity index (χ0) is 14.9. The Morgan fingerprint density at radius 2 is 2.00 bits per heavy atom. The van der Waals surface area contributed by atoms with Crippen LogP contribution in [0.1, 0.15) is 37.3 Å². The predicted molar refractivity (Wildman–Crippen MR) is 80.9 cm³/mol. The molecule has 2 aliphatic heterocycles. The largest absolute Gasteiger partial charge is 0.376 e. The van der Waals surface area contributed by atoms with Crippen LogP contribution in [-0.4, -0.2) is 54.6 Å². The summed E-state index contributed by atoms with van der Waals surface area (Å²) >= 11 is 0. The number of hydrogen-bond acceptors (Lipinski definition) is 6. The fourth-order valence-electron chi connectivity index (χ4n) is 3.85. The molecule has 2 saturated heterocycles. The molecule has 1 aromatic rings. The van der Waals surface area contributed by atoms with Gasteiger partial charge in [-0.05, 0) is 18.9 Å². The Hall–Kier alpha value is -1.24. The fraction of sp³-hybridized carbons (Fsp3) is 0.750. The summed E-state index contributed by atoms with van der Waals surface area (Å²) in [5.74, 6) is 1.28. The molecule has 0 amide bonds. The minimum atomic E-state index is 0.0144. The Kier molecular flexibility index (Phi) is 3.98. The average Bonchev–Trinajstić information content (AvgIpc) is 3.26. The van der Waals surface area contributed by atoms with E-state index < -0.39 is 0 Å². The second kappa shape index (κ2) is 6.10. The minimum absolute atomic E-state index is 0.0144. The second-order valence-corrected chi connectivity index (χ2v) is 6.41. The van der Waals surface area contributed by atoms with Gasteiger partial charge >= 0.3 is 0 Å². The van der Waals surface area contributed by atoms with Crippen molar-refractivity contribution in [1.29, 1.82) is 0 Å². The third kappa shape index (κ3) is 2.59. The van der Waals surface area contributed by atoms with Crippen molar-refractivity contribution < 1.29 is 14.2 Å². The van der Waals surface area contributed by atoms with Gasteiger partial charge in [0.2, 0.25) is 5.95 Å². The highest BCUT2D eigenvalue weighted by atomic mass is 16.6. The number of nitrogens with one attached hydrogen (secondary N) is 1. The molecule has 3 fully saturated rings. The van der Waals surface area contributed by atoms with E-state index in [0.29, 0.717) is 25.1 Å². The molecule has 0 bridgehead atoms. The van der Waals surface area contributed by atoms with Crippen LogP contribution < -0.4 is 5.32 Å². The fourth-order valence-corrected chi connectivity index (χ4v) is 3.85. The molecule has 1 aliphatic carbocycles. The number of fused-ring (bicyclic) bond motifs is 1. The van der Waals surface area contributed by atoms with Gasteiger partial charge in [0.15, 0.2) is 0 Å². The lowest BCUT2D eigenvalue weighted by atomic mass is 10.0. The lowest BCUT2D eigenvalue weighted by Gasteiger charge is -2.18. The van der Waals surface area contributed by atoms with E-state index in [0.717, 1.165) is 5.69 Å². The molecule has 4 unspecified atom stereocenters. The summed E-state index contributed by atoms with van der Waals surface area (Å²) in [7, 11) is 1.70. The first kappa shape index (κ1) is 14.4. The molecule has 0 radical (unpaired) electrons. The quantitative estimate of drug-likeness (QED) is 0.914. The summed E-state index contributed by atoms with van der Waals surface area (Å²) in [5.41, 5.74) is 1.16. The van der Waals surface area contributed by atoms with Gasteiger partial charge in [0.1, 0.15) is 18.3 Å². The highest BCUT2D eigenvalue weighted by Crippen LogP contribution is 2.33. The topological polar surface area (TPSA) is 65.5 Å². The number of anilines is 1. The molecule has 0 aromatic carbocycles. The van der Waals surface area contributed by atoms with Crippen molar-refractivity contribution in [2.24, 2.45) is 0 Å². The molecule has 6 heteroatoms. The first-order valence-corrected chi connectivity index (χ1v) is 8.20. The van der Waals surface area contributed by atoms with Crippen LogP contribution in [0.25, 0.3) is 0 Å². The first-order valence-electron chi connectivity index (χ1n) is 8.20. The minimum Gasteiger partial charge on any atom is -0.376 e. The number of ether oxygens (including phenoxy) is 3. The van der Waals surface area contributed by atoms with Crippen LogP contribution in [0, 0.1) is 0 Å². The Morgan fingerprint density at radius 3 is 2.82 bits per heavy atom. The van der Waals surface area contributed by atoms with E-state index in [1.54, 1.807) is 7.11 Å². The van der Waals surface area contributed by atoms with Gasteiger partial charge in [0.25, 0.3) is 0 Å². The van der Waals surface area contributed by atoms with E-state index in [2.05, 4.69) is 10.3 Å². The van der Waals surface area contributed by atoms with E-state index >= 15 is 0 Å². The Balaban J connectivity index is 1.44. The lowest BCUT2D eigenvalue weighted by Crippen LogP contribution is -2.36. The number of aromatic nitrogens is 2. The molecule has 0 spiro atoms. The summed E-state index contributed by atoms with van der Waals surface area (Å²) in [6.45, 7) is 1.19. The zero-order valence-electron chi connectivity index (χ0n) is 12.9. The molecule has 120 valence electrons. The Morgan fingerprint density at radius 1 is 1.18 bits per heavy atom. The van der Waals surface area contributed by atoms with Gasteiger partial charge < -0.3 is 19.5 Å². The Bertz CT molecular complexity index is 521. The number of nitrogens with zero attached hydrogens (tertiary/aromatic N) is 2. The third-order valence-corrected chi connectivity index (χ3v) is 5.08. The van der Waals surface area contributed by atoms with Crippen LogP contribution >= 0.6 is 0 Å². The second-order valence-electron chi connectivity index (χ2n) is 6.41. The van der Waals surface area contributed by atoms with Crippen LogP contribution in [0.15, 0.2) is 12.3 Å². The van der Waals surface area contributed by atoms with Crippen LogP contribution in [0.5, 0.6) is 0 Å². The zero-order valence-corrected chi connectivity index (χ0v) is 12.9. The standard InChI is InChI=1S/C16H23N3O3/c1-20-13-9-22-14-12(8-21-15(13)14)19-16-17-7-6-11(18-16)10-4-2-3-5-10/h6-7,10,12-15H,2-5,8-9H2,1H3,(H,17,18,19). The van der Waals surface area contributed by atoms with Crippen LogP contribution in [0.3, 0.4) is 0 Å². The number of rotatable bonds is 4. The Labute approximate surface area is 130 Å². The molecule has 3 heterocycles. The van der Waals surface area contributed by atoms with Gasteiger partial charge in [-0.25, -0.2) is 9.97 Å². The van der Waals surface area contributed by atoms with Crippen molar-refractivity contribution in [1.82, 2.24) is 9.97 Å². The van der Waals surface area contributed by atoms with Crippen molar-refractivity contribution in [3.63, 3.8) is 0 Å². The highest BCUT2D eigenvalue weighted by Gasteiger charge is 2.48. The maximum Gasteiger partial charge on any atom is 0.223 e. The molecule has 22 heavy (non-hydrogen) atoms. The van der Waals surface area contributed by atoms with Crippen LogP contribution in [0.4, 0.5) is 5.95 Å². The summed E-state index contributed by atoms with van der Waals surface area (Å²) < 4.78 is 17.1. The lowest BCUT2D eigenvalue weighted by molar-refractivity contribution is -0.00757. The van der Waals surface area contributed by atoms with Gasteiger partial charge in [-0.2, -0.15) is 0 Å². The van der Waals surface area contributed by atoms with Crippen molar-refractivity contribution >= 4 is 5.95 Å². The maximum atomic E-state index is 5.83. The highest BCUT2D eigenvalue weighted by molar-refractivity contribution is 5.30. The number of methoxy groups -OCH3 is 1. The van der Waals surface area contributed by atoms with Crippen molar-refractivity contribution in [2.75, 3.05) is 25.6 Å². The molecular formula is C16H23N3O3. The van der Waals surface area contributed by atoms with Gasteiger partial charge in [0.05, 0.1) is 19.3 Å². The summed E-state index contributed by atoms with van der Waals surface area (Å²) in [4.78, 5) is 9.07. The average molecular weight is 305 g/mol. The van der Waals surface area contributed by atoms with Gasteiger partial charge in [-0.15, -0.1) is 0 Å². The van der Waals surface area contributed by atoms with Crippen LogP contribution in [0.2, 0.25) is 0 Å². The molecule has 4 rings (SSSR count). The van der Waals surface area contributed by atoms with Gasteiger partial charge in [-0.1, -0.05) is 12.8 Å². The van der Waals surface area contributed by atoms with E-state index in [-0.39, 0.29) is 24.4 Å². The SMILES string of the molecule is COC1COC2C(Nc3nccc(C4CCCC4)n3)COC12. The van der Waals surface area contributed by atoms with E-state index in [9.17, 15) is 0 Å². The normalized spacial score (nSPS) is 35.0. The monoisotopic (exact) mass is 305 g/mol.